The molecular formula is C21H23N5O2. The zero-order valence-electron chi connectivity index (χ0n) is 16.1. The topological polar surface area (TPSA) is 76.7 Å². The van der Waals surface area contributed by atoms with Gasteiger partial charge in [0.1, 0.15) is 5.52 Å². The van der Waals surface area contributed by atoms with Crippen molar-refractivity contribution in [1.82, 2.24) is 19.7 Å². The van der Waals surface area contributed by atoms with Gasteiger partial charge in [0.2, 0.25) is 5.89 Å². The molecule has 0 aliphatic carbocycles. The van der Waals surface area contributed by atoms with Crippen LogP contribution in [-0.4, -0.2) is 71.8 Å². The first-order valence-corrected chi connectivity index (χ1v) is 9.29. The first-order chi connectivity index (χ1) is 13.5. The van der Waals surface area contributed by atoms with Crippen molar-refractivity contribution in [2.75, 3.05) is 40.3 Å². The van der Waals surface area contributed by atoms with Gasteiger partial charge >= 0.3 is 0 Å². The lowest BCUT2D eigenvalue weighted by molar-refractivity contribution is 0.0685. The molecule has 1 aliphatic heterocycles. The minimum absolute atomic E-state index is 0.0180. The van der Waals surface area contributed by atoms with Crippen LogP contribution in [0, 0.1) is 5.41 Å². The Morgan fingerprint density at radius 2 is 1.71 bits per heavy atom. The van der Waals surface area contributed by atoms with Crippen molar-refractivity contribution in [2.45, 2.75) is 0 Å². The SMILES string of the molecule is CN(C)C(=N)N1CCN(C(=O)c2ccc3nc(-c4ccccc4)oc3c2)CC1. The number of aromatic nitrogens is 1. The van der Waals surface area contributed by atoms with Crippen LogP contribution in [0.5, 0.6) is 0 Å². The van der Waals surface area contributed by atoms with E-state index in [-0.39, 0.29) is 5.91 Å². The molecule has 0 bridgehead atoms. The second-order valence-corrected chi connectivity index (χ2v) is 7.06. The molecule has 144 valence electrons. The summed E-state index contributed by atoms with van der Waals surface area (Å²) in [5.41, 5.74) is 2.85. The van der Waals surface area contributed by atoms with Crippen molar-refractivity contribution >= 4 is 23.0 Å². The standard InChI is InChI=1S/C21H23N5O2/c1-24(2)21(22)26-12-10-25(11-13-26)20(27)16-8-9-17-18(14-16)28-19(23-17)15-6-4-3-5-7-15/h3-9,14,22H,10-13H2,1-2H3. The van der Waals surface area contributed by atoms with Crippen LogP contribution in [0.3, 0.4) is 0 Å². The number of carbonyl (C=O) groups excluding carboxylic acids is 1. The van der Waals surface area contributed by atoms with E-state index in [0.29, 0.717) is 49.2 Å². The molecule has 7 heteroatoms. The van der Waals surface area contributed by atoms with Gasteiger partial charge in [0.25, 0.3) is 5.91 Å². The van der Waals surface area contributed by atoms with Crippen LogP contribution in [0.2, 0.25) is 0 Å². The van der Waals surface area contributed by atoms with Crippen molar-refractivity contribution in [3.05, 3.63) is 54.1 Å². The zero-order valence-corrected chi connectivity index (χ0v) is 16.1. The second kappa shape index (κ2) is 7.34. The highest BCUT2D eigenvalue weighted by Crippen LogP contribution is 2.25. The van der Waals surface area contributed by atoms with E-state index in [1.54, 1.807) is 17.0 Å². The molecule has 1 saturated heterocycles. The number of benzene rings is 2. The maximum Gasteiger partial charge on any atom is 0.254 e. The van der Waals surface area contributed by atoms with Crippen LogP contribution in [0.4, 0.5) is 0 Å². The maximum atomic E-state index is 12.9. The molecule has 0 unspecified atom stereocenters. The fourth-order valence-electron chi connectivity index (χ4n) is 3.35. The van der Waals surface area contributed by atoms with Gasteiger partial charge in [0, 0.05) is 51.4 Å². The summed E-state index contributed by atoms with van der Waals surface area (Å²) >= 11 is 0. The number of piperazine rings is 1. The van der Waals surface area contributed by atoms with E-state index in [4.69, 9.17) is 9.83 Å². The van der Waals surface area contributed by atoms with E-state index < -0.39 is 0 Å². The van der Waals surface area contributed by atoms with E-state index in [1.165, 1.54) is 0 Å². The van der Waals surface area contributed by atoms with Gasteiger partial charge < -0.3 is 19.1 Å². The van der Waals surface area contributed by atoms with Crippen LogP contribution in [0.1, 0.15) is 10.4 Å². The number of guanidine groups is 1. The van der Waals surface area contributed by atoms with E-state index in [0.717, 1.165) is 11.1 Å². The predicted molar refractivity (Wildman–Crippen MR) is 108 cm³/mol. The van der Waals surface area contributed by atoms with E-state index in [9.17, 15) is 4.79 Å². The molecule has 0 spiro atoms. The molecule has 2 aromatic carbocycles. The minimum Gasteiger partial charge on any atom is -0.436 e. The molecular weight excluding hydrogens is 354 g/mol. The molecule has 0 radical (unpaired) electrons. The Balaban J connectivity index is 1.50. The van der Waals surface area contributed by atoms with Gasteiger partial charge in [-0.25, -0.2) is 4.98 Å². The number of hydrogen-bond donors (Lipinski definition) is 1. The smallest absolute Gasteiger partial charge is 0.254 e. The Labute approximate surface area is 163 Å². The highest BCUT2D eigenvalue weighted by molar-refractivity contribution is 5.97. The first kappa shape index (κ1) is 18.0. The van der Waals surface area contributed by atoms with E-state index in [1.807, 2.05) is 60.3 Å². The summed E-state index contributed by atoms with van der Waals surface area (Å²) in [6.45, 7) is 2.51. The number of nitrogens with zero attached hydrogens (tertiary/aromatic N) is 4. The van der Waals surface area contributed by atoms with Crippen molar-refractivity contribution < 1.29 is 9.21 Å². The number of fused-ring (bicyclic) bond motifs is 1. The highest BCUT2D eigenvalue weighted by Gasteiger charge is 2.24. The van der Waals surface area contributed by atoms with Crippen LogP contribution in [0.15, 0.2) is 52.9 Å². The van der Waals surface area contributed by atoms with Crippen molar-refractivity contribution in [3.63, 3.8) is 0 Å². The van der Waals surface area contributed by atoms with Gasteiger partial charge in [-0.1, -0.05) is 18.2 Å². The minimum atomic E-state index is -0.0180. The van der Waals surface area contributed by atoms with Crippen LogP contribution in [-0.2, 0) is 0 Å². The summed E-state index contributed by atoms with van der Waals surface area (Å²) in [6.07, 6.45) is 0. The predicted octanol–water partition coefficient (Wildman–Crippen LogP) is 2.75. The number of amides is 1. The van der Waals surface area contributed by atoms with Gasteiger partial charge in [0.15, 0.2) is 11.5 Å². The lowest BCUT2D eigenvalue weighted by Crippen LogP contribution is -2.53. The number of rotatable bonds is 2. The van der Waals surface area contributed by atoms with E-state index in [2.05, 4.69) is 4.98 Å². The second-order valence-electron chi connectivity index (χ2n) is 7.06. The van der Waals surface area contributed by atoms with Crippen LogP contribution >= 0.6 is 0 Å². The Bertz CT molecular complexity index is 1000. The average Bonchev–Trinajstić information content (AvgIpc) is 3.17. The number of carbonyl (C=O) groups is 1. The Hall–Kier alpha value is -3.35. The van der Waals surface area contributed by atoms with Gasteiger partial charge in [0.05, 0.1) is 0 Å². The quantitative estimate of drug-likeness (QED) is 0.549. The largest absolute Gasteiger partial charge is 0.436 e. The van der Waals surface area contributed by atoms with Crippen molar-refractivity contribution in [1.29, 1.82) is 5.41 Å². The number of nitrogens with one attached hydrogen (secondary N) is 1. The molecule has 1 aromatic heterocycles. The van der Waals surface area contributed by atoms with E-state index >= 15 is 0 Å². The third-order valence-corrected chi connectivity index (χ3v) is 4.95. The molecule has 1 N–H and O–H groups in total. The molecule has 3 aromatic rings. The molecule has 4 rings (SSSR count). The maximum absolute atomic E-state index is 12.9. The summed E-state index contributed by atoms with van der Waals surface area (Å²) in [5, 5.41) is 8.07. The Morgan fingerprint density at radius 3 is 2.39 bits per heavy atom. The summed E-state index contributed by atoms with van der Waals surface area (Å²) in [7, 11) is 3.71. The normalized spacial score (nSPS) is 14.4. The van der Waals surface area contributed by atoms with Gasteiger partial charge in [-0.3, -0.25) is 10.2 Å². The van der Waals surface area contributed by atoms with Gasteiger partial charge in [-0.15, -0.1) is 0 Å². The van der Waals surface area contributed by atoms with Crippen LogP contribution in [0.25, 0.3) is 22.6 Å². The van der Waals surface area contributed by atoms with Gasteiger partial charge in [-0.05, 0) is 30.3 Å². The summed E-state index contributed by atoms with van der Waals surface area (Å²) in [5.74, 6) is 1.01. The fraction of sp³-hybridized carbons (Fsp3) is 0.286. The molecule has 7 nitrogen and oxygen atoms in total. The molecule has 1 aliphatic rings. The summed E-state index contributed by atoms with van der Waals surface area (Å²) in [6, 6.07) is 15.1. The Morgan fingerprint density at radius 1 is 1.04 bits per heavy atom. The zero-order chi connectivity index (χ0) is 19.7. The third-order valence-electron chi connectivity index (χ3n) is 4.95. The lowest BCUT2D eigenvalue weighted by atomic mass is 10.1. The Kier molecular flexibility index (Phi) is 4.73. The fourth-order valence-corrected chi connectivity index (χ4v) is 3.35. The van der Waals surface area contributed by atoms with Crippen LogP contribution < -0.4 is 0 Å². The molecule has 0 saturated carbocycles. The highest BCUT2D eigenvalue weighted by atomic mass is 16.3. The summed E-state index contributed by atoms with van der Waals surface area (Å²) < 4.78 is 5.88. The molecule has 2 heterocycles. The van der Waals surface area contributed by atoms with Crippen molar-refractivity contribution in [2.24, 2.45) is 0 Å². The summed E-state index contributed by atoms with van der Waals surface area (Å²) in [4.78, 5) is 23.0. The number of hydrogen-bond acceptors (Lipinski definition) is 4. The number of oxazole rings is 1. The third kappa shape index (κ3) is 3.43. The van der Waals surface area contributed by atoms with Crippen molar-refractivity contribution in [3.8, 4) is 11.5 Å². The molecule has 1 amide bonds. The lowest BCUT2D eigenvalue weighted by Gasteiger charge is -2.37. The average molecular weight is 377 g/mol. The molecule has 28 heavy (non-hydrogen) atoms. The molecule has 0 atom stereocenters. The first-order valence-electron chi connectivity index (χ1n) is 9.29. The van der Waals surface area contributed by atoms with Gasteiger partial charge in [-0.2, -0.15) is 0 Å². The molecule has 1 fully saturated rings. The monoisotopic (exact) mass is 377 g/mol.